The molecule has 4 N–H and O–H groups in total. The van der Waals surface area contributed by atoms with Gasteiger partial charge in [0.15, 0.2) is 0 Å². The van der Waals surface area contributed by atoms with Crippen LogP contribution in [0.1, 0.15) is 34.1 Å². The van der Waals surface area contributed by atoms with E-state index in [0.29, 0.717) is 5.69 Å². The molecule has 2 aromatic carbocycles. The first-order valence-electron chi connectivity index (χ1n) is 8.81. The van der Waals surface area contributed by atoms with E-state index in [1.54, 1.807) is 30.3 Å². The van der Waals surface area contributed by atoms with Gasteiger partial charge in [0.05, 0.1) is 28.9 Å². The van der Waals surface area contributed by atoms with Gasteiger partial charge in [0.1, 0.15) is 5.54 Å². The van der Waals surface area contributed by atoms with Crippen LogP contribution in [0.4, 0.5) is 11.4 Å². The van der Waals surface area contributed by atoms with Crippen molar-refractivity contribution in [2.75, 3.05) is 10.6 Å². The second-order valence-corrected chi connectivity index (χ2v) is 7.14. The summed E-state index contributed by atoms with van der Waals surface area (Å²) in [6.45, 7) is 1.34. The summed E-state index contributed by atoms with van der Waals surface area (Å²) in [6.07, 6.45) is -0.697. The molecule has 0 saturated carbocycles. The zero-order valence-corrected chi connectivity index (χ0v) is 15.3. The van der Waals surface area contributed by atoms with Crippen molar-refractivity contribution < 1.29 is 29.0 Å². The summed E-state index contributed by atoms with van der Waals surface area (Å²) >= 11 is 0. The molecule has 0 aromatic heterocycles. The van der Waals surface area contributed by atoms with Gasteiger partial charge in [-0.2, -0.15) is 0 Å². The molecule has 0 spiro atoms. The highest BCUT2D eigenvalue weighted by molar-refractivity contribution is 6.12. The van der Waals surface area contributed by atoms with E-state index in [1.165, 1.54) is 25.1 Å². The number of carbonyl (C=O) groups excluding carboxylic acids is 4. The number of hydrogen-bond acceptors (Lipinski definition) is 6. The molecule has 2 unspecified atom stereocenters. The number of esters is 1. The van der Waals surface area contributed by atoms with Crippen LogP contribution in [0, 0.1) is 0 Å². The maximum Gasteiger partial charge on any atom is 0.343 e. The standard InChI is InChI=1S/C20H17N3O6/c1-19(17(26)21-13-8-4-2-6-11(13)15(24)23-19)10-20(28)18(27)22-14-9-5-3-7-12(14)16(25)29-20/h2-9,28H,10H2,1H3,(H,21,26)(H,22,27)(H,23,24). The monoisotopic (exact) mass is 395 g/mol. The summed E-state index contributed by atoms with van der Waals surface area (Å²) in [4.78, 5) is 50.6. The molecular weight excluding hydrogens is 378 g/mol. The van der Waals surface area contributed by atoms with E-state index < -0.39 is 41.4 Å². The molecule has 0 saturated heterocycles. The molecule has 3 amide bonds. The minimum absolute atomic E-state index is 0.0590. The molecule has 0 aliphatic carbocycles. The maximum absolute atomic E-state index is 12.8. The van der Waals surface area contributed by atoms with Crippen LogP contribution in [0.15, 0.2) is 48.5 Å². The fourth-order valence-corrected chi connectivity index (χ4v) is 3.39. The Morgan fingerprint density at radius 2 is 1.41 bits per heavy atom. The number of cyclic esters (lactones) is 1. The summed E-state index contributed by atoms with van der Waals surface area (Å²) in [5.74, 6) is -5.90. The van der Waals surface area contributed by atoms with E-state index in [2.05, 4.69) is 16.0 Å². The van der Waals surface area contributed by atoms with E-state index in [0.717, 1.165) is 0 Å². The number of rotatable bonds is 2. The Morgan fingerprint density at radius 3 is 2.10 bits per heavy atom. The lowest BCUT2D eigenvalue weighted by Crippen LogP contribution is -2.60. The Morgan fingerprint density at radius 1 is 0.862 bits per heavy atom. The minimum Gasteiger partial charge on any atom is -0.420 e. The third-order valence-corrected chi connectivity index (χ3v) is 4.92. The van der Waals surface area contributed by atoms with Gasteiger partial charge in [-0.05, 0) is 31.2 Å². The van der Waals surface area contributed by atoms with Gasteiger partial charge in [-0.15, -0.1) is 0 Å². The quantitative estimate of drug-likeness (QED) is 0.561. The molecule has 9 nitrogen and oxygen atoms in total. The third kappa shape index (κ3) is 3.11. The van der Waals surface area contributed by atoms with Crippen molar-refractivity contribution in [3.05, 3.63) is 59.7 Å². The molecule has 2 heterocycles. The number of ether oxygens (including phenoxy) is 1. The predicted octanol–water partition coefficient (Wildman–Crippen LogP) is 1.02. The molecule has 4 rings (SSSR count). The third-order valence-electron chi connectivity index (χ3n) is 4.92. The molecule has 29 heavy (non-hydrogen) atoms. The van der Waals surface area contributed by atoms with Gasteiger partial charge in [-0.3, -0.25) is 14.4 Å². The van der Waals surface area contributed by atoms with Gasteiger partial charge >= 0.3 is 5.97 Å². The Labute approximate surface area is 165 Å². The molecule has 2 aliphatic rings. The minimum atomic E-state index is -2.69. The number of para-hydroxylation sites is 2. The number of amides is 3. The van der Waals surface area contributed by atoms with Crippen LogP contribution in [0.3, 0.4) is 0 Å². The van der Waals surface area contributed by atoms with Crippen LogP contribution in [0.2, 0.25) is 0 Å². The summed E-state index contributed by atoms with van der Waals surface area (Å²) in [5.41, 5.74) is -1.00. The first-order valence-corrected chi connectivity index (χ1v) is 8.81. The maximum atomic E-state index is 12.8. The van der Waals surface area contributed by atoms with Crippen LogP contribution in [0.25, 0.3) is 0 Å². The zero-order chi connectivity index (χ0) is 20.8. The van der Waals surface area contributed by atoms with E-state index >= 15 is 0 Å². The van der Waals surface area contributed by atoms with Gasteiger partial charge in [-0.1, -0.05) is 24.3 Å². The summed E-state index contributed by atoms with van der Waals surface area (Å²) in [5, 5.41) is 18.5. The highest BCUT2D eigenvalue weighted by atomic mass is 16.7. The number of aliphatic hydroxyl groups is 1. The van der Waals surface area contributed by atoms with Crippen molar-refractivity contribution in [2.24, 2.45) is 0 Å². The lowest BCUT2D eigenvalue weighted by molar-refractivity contribution is -0.188. The lowest BCUT2D eigenvalue weighted by atomic mass is 9.90. The largest absolute Gasteiger partial charge is 0.420 e. The molecule has 2 aliphatic heterocycles. The number of fused-ring (bicyclic) bond motifs is 2. The Kier molecular flexibility index (Phi) is 4.12. The number of nitrogens with one attached hydrogen (secondary N) is 3. The zero-order valence-electron chi connectivity index (χ0n) is 15.3. The second-order valence-electron chi connectivity index (χ2n) is 7.14. The molecule has 2 atom stereocenters. The average molecular weight is 395 g/mol. The van der Waals surface area contributed by atoms with Crippen molar-refractivity contribution >= 4 is 35.1 Å². The molecular formula is C20H17N3O6. The smallest absolute Gasteiger partial charge is 0.343 e. The van der Waals surface area contributed by atoms with Gasteiger partial charge < -0.3 is 25.8 Å². The molecule has 0 radical (unpaired) electrons. The number of hydrogen-bond donors (Lipinski definition) is 4. The van der Waals surface area contributed by atoms with E-state index in [1.807, 2.05) is 0 Å². The van der Waals surface area contributed by atoms with Crippen LogP contribution >= 0.6 is 0 Å². The van der Waals surface area contributed by atoms with Gasteiger partial charge in [0.25, 0.3) is 17.6 Å². The van der Waals surface area contributed by atoms with Crippen molar-refractivity contribution in [1.82, 2.24) is 5.32 Å². The number of carbonyl (C=O) groups is 4. The molecule has 148 valence electrons. The second kappa shape index (κ2) is 6.42. The van der Waals surface area contributed by atoms with Crippen LogP contribution < -0.4 is 16.0 Å². The van der Waals surface area contributed by atoms with Crippen LogP contribution in [0.5, 0.6) is 0 Å². The van der Waals surface area contributed by atoms with E-state index in [-0.39, 0.29) is 16.8 Å². The van der Waals surface area contributed by atoms with Crippen molar-refractivity contribution in [3.8, 4) is 0 Å². The van der Waals surface area contributed by atoms with Crippen LogP contribution in [-0.2, 0) is 14.3 Å². The molecule has 9 heteroatoms. The molecule has 0 fully saturated rings. The number of anilines is 2. The van der Waals surface area contributed by atoms with Crippen molar-refractivity contribution in [1.29, 1.82) is 0 Å². The summed E-state index contributed by atoms with van der Waals surface area (Å²) in [7, 11) is 0. The van der Waals surface area contributed by atoms with Crippen LogP contribution in [-0.4, -0.2) is 40.1 Å². The van der Waals surface area contributed by atoms with Gasteiger partial charge in [-0.25, -0.2) is 4.79 Å². The van der Waals surface area contributed by atoms with Gasteiger partial charge in [0, 0.05) is 0 Å². The number of benzene rings is 2. The average Bonchev–Trinajstić information content (AvgIpc) is 2.82. The highest BCUT2D eigenvalue weighted by Crippen LogP contribution is 2.32. The first-order chi connectivity index (χ1) is 13.7. The van der Waals surface area contributed by atoms with E-state index in [4.69, 9.17) is 4.74 Å². The first kappa shape index (κ1) is 18.6. The molecule has 2 aromatic rings. The normalized spacial score (nSPS) is 26.0. The lowest BCUT2D eigenvalue weighted by Gasteiger charge is -2.34. The Bertz CT molecular complexity index is 984. The highest BCUT2D eigenvalue weighted by Gasteiger charge is 2.52. The Balaban J connectivity index is 1.67. The predicted molar refractivity (Wildman–Crippen MR) is 101 cm³/mol. The van der Waals surface area contributed by atoms with Crippen molar-refractivity contribution in [3.63, 3.8) is 0 Å². The summed E-state index contributed by atoms with van der Waals surface area (Å²) < 4.78 is 5.08. The SMILES string of the molecule is CC1(CC2(O)OC(=O)c3ccccc3NC2=O)NC(=O)c2ccccc2NC1=O. The Hall–Kier alpha value is -3.72. The fraction of sp³-hybridized carbons (Fsp3) is 0.200. The topological polar surface area (TPSA) is 134 Å². The fourth-order valence-electron chi connectivity index (χ4n) is 3.39. The molecule has 0 bridgehead atoms. The van der Waals surface area contributed by atoms with Gasteiger partial charge in [0.2, 0.25) is 5.91 Å². The van der Waals surface area contributed by atoms with Crippen molar-refractivity contribution in [2.45, 2.75) is 24.7 Å². The van der Waals surface area contributed by atoms with E-state index in [9.17, 15) is 24.3 Å². The summed E-state index contributed by atoms with van der Waals surface area (Å²) in [6, 6.07) is 12.5.